The van der Waals surface area contributed by atoms with Crippen molar-refractivity contribution in [3.8, 4) is 11.1 Å². The minimum Gasteiger partial charge on any atom is -0.386 e. The summed E-state index contributed by atoms with van der Waals surface area (Å²) in [6.07, 6.45) is 3.55. The van der Waals surface area contributed by atoms with Gasteiger partial charge in [0.15, 0.2) is 0 Å². The maximum absolute atomic E-state index is 15.4. The monoisotopic (exact) mass is 444 g/mol. The van der Waals surface area contributed by atoms with E-state index in [2.05, 4.69) is 10.1 Å². The van der Waals surface area contributed by atoms with E-state index in [4.69, 9.17) is 0 Å². The third kappa shape index (κ3) is 3.58. The van der Waals surface area contributed by atoms with Crippen LogP contribution in [-0.2, 0) is 25.7 Å². The van der Waals surface area contributed by atoms with Gasteiger partial charge in [-0.05, 0) is 55.7 Å². The molecule has 7 heteroatoms. The number of carbonyl (C=O) groups is 1. The Balaban J connectivity index is 1.53. The zero-order valence-electron chi connectivity index (χ0n) is 19.1. The summed E-state index contributed by atoms with van der Waals surface area (Å²) < 4.78 is 17.1. The van der Waals surface area contributed by atoms with Gasteiger partial charge < -0.3 is 10.0 Å². The number of nitrogens with zero attached hydrogens (tertiary/aromatic N) is 4. The second-order valence-corrected chi connectivity index (χ2v) is 9.20. The zero-order valence-corrected chi connectivity index (χ0v) is 19.1. The maximum Gasteiger partial charge on any atom is 0.256 e. The van der Waals surface area contributed by atoms with Crippen molar-refractivity contribution in [2.75, 3.05) is 0 Å². The Hall–Kier alpha value is -3.58. The van der Waals surface area contributed by atoms with Gasteiger partial charge >= 0.3 is 0 Å². The van der Waals surface area contributed by atoms with Crippen molar-refractivity contribution in [3.63, 3.8) is 0 Å². The molecule has 1 aliphatic heterocycles. The third-order valence-corrected chi connectivity index (χ3v) is 6.28. The maximum atomic E-state index is 15.4. The predicted molar refractivity (Wildman–Crippen MR) is 124 cm³/mol. The van der Waals surface area contributed by atoms with Crippen LogP contribution in [0.1, 0.15) is 46.6 Å². The summed E-state index contributed by atoms with van der Waals surface area (Å²) in [4.78, 5) is 18.6. The molecule has 0 bridgehead atoms. The number of hydrogen-bond donors (Lipinski definition) is 1. The minimum atomic E-state index is -1.05. The van der Waals surface area contributed by atoms with Gasteiger partial charge in [-0.1, -0.05) is 18.2 Å². The molecule has 1 aliphatic rings. The van der Waals surface area contributed by atoms with Crippen LogP contribution in [0.4, 0.5) is 4.39 Å². The lowest BCUT2D eigenvalue weighted by Crippen LogP contribution is -2.24. The van der Waals surface area contributed by atoms with Crippen molar-refractivity contribution in [2.45, 2.75) is 39.5 Å². The number of benzene rings is 2. The van der Waals surface area contributed by atoms with Crippen LogP contribution in [0.2, 0.25) is 0 Å². The Morgan fingerprint density at radius 2 is 1.97 bits per heavy atom. The van der Waals surface area contributed by atoms with E-state index in [1.54, 1.807) is 41.8 Å². The molecule has 0 spiro atoms. The predicted octanol–water partition coefficient (Wildman–Crippen LogP) is 4.47. The molecule has 0 aliphatic carbocycles. The lowest BCUT2D eigenvalue weighted by atomic mass is 9.91. The number of pyridine rings is 1. The fourth-order valence-electron chi connectivity index (χ4n) is 4.60. The smallest absolute Gasteiger partial charge is 0.256 e. The molecule has 0 unspecified atom stereocenters. The van der Waals surface area contributed by atoms with Gasteiger partial charge in [-0.2, -0.15) is 5.10 Å². The van der Waals surface area contributed by atoms with E-state index in [9.17, 15) is 9.90 Å². The van der Waals surface area contributed by atoms with E-state index in [1.165, 1.54) is 6.07 Å². The van der Waals surface area contributed by atoms with Gasteiger partial charge in [0.2, 0.25) is 0 Å². The fourth-order valence-corrected chi connectivity index (χ4v) is 4.60. The van der Waals surface area contributed by atoms with E-state index in [0.717, 1.165) is 33.3 Å². The molecule has 0 saturated heterocycles. The number of carbonyl (C=O) groups excluding carboxylic acids is 1. The molecule has 6 nitrogen and oxygen atoms in total. The number of aromatic nitrogens is 3. The lowest BCUT2D eigenvalue weighted by Gasteiger charge is -2.20. The van der Waals surface area contributed by atoms with E-state index >= 15 is 4.39 Å². The molecule has 1 N–H and O–H groups in total. The first-order valence-electron chi connectivity index (χ1n) is 10.9. The van der Waals surface area contributed by atoms with Crippen LogP contribution in [0.5, 0.6) is 0 Å². The summed E-state index contributed by atoms with van der Waals surface area (Å²) in [5.74, 6) is -0.481. The molecule has 0 fully saturated rings. The average molecular weight is 445 g/mol. The summed E-state index contributed by atoms with van der Waals surface area (Å²) in [5, 5.41) is 15.9. The average Bonchev–Trinajstić information content (AvgIpc) is 3.28. The van der Waals surface area contributed by atoms with Gasteiger partial charge in [-0.25, -0.2) is 4.39 Å². The van der Waals surface area contributed by atoms with Gasteiger partial charge in [0.1, 0.15) is 5.82 Å². The standard InChI is InChI=1S/C26H25FN4O2/c1-15-10-16(17-7-8-21(26(2,3)33)24-20(17)12-30(4)29-24)11-22(27)19(15)13-31-14-23-18(25(31)32)6-5-9-28-23/h5-12,33H,13-14H2,1-4H3. The van der Waals surface area contributed by atoms with Crippen LogP contribution in [0.15, 0.2) is 48.8 Å². The van der Waals surface area contributed by atoms with Crippen molar-refractivity contribution < 1.29 is 14.3 Å². The zero-order chi connectivity index (χ0) is 23.5. The molecule has 168 valence electrons. The van der Waals surface area contributed by atoms with Gasteiger partial charge in [-0.3, -0.25) is 14.5 Å². The molecule has 0 atom stereocenters. The number of hydrogen-bond acceptors (Lipinski definition) is 4. The number of rotatable bonds is 4. The quantitative estimate of drug-likeness (QED) is 0.504. The van der Waals surface area contributed by atoms with Crippen LogP contribution >= 0.6 is 0 Å². The first-order valence-corrected chi connectivity index (χ1v) is 10.9. The second kappa shape index (κ2) is 7.49. The Bertz CT molecular complexity index is 1390. The molecule has 2 aromatic carbocycles. The highest BCUT2D eigenvalue weighted by Gasteiger charge is 2.29. The molecule has 0 saturated carbocycles. The number of aliphatic hydroxyl groups is 1. The number of amides is 1. The molecule has 2 aromatic heterocycles. The number of halogens is 1. The van der Waals surface area contributed by atoms with Gasteiger partial charge in [-0.15, -0.1) is 0 Å². The minimum absolute atomic E-state index is 0.125. The van der Waals surface area contributed by atoms with E-state index < -0.39 is 5.60 Å². The third-order valence-electron chi connectivity index (χ3n) is 6.28. The first kappa shape index (κ1) is 21.3. The van der Waals surface area contributed by atoms with Crippen LogP contribution in [0.3, 0.4) is 0 Å². The van der Waals surface area contributed by atoms with Gasteiger partial charge in [0.25, 0.3) is 5.91 Å². The van der Waals surface area contributed by atoms with Crippen molar-refractivity contribution in [1.82, 2.24) is 19.7 Å². The topological polar surface area (TPSA) is 71.2 Å². The summed E-state index contributed by atoms with van der Waals surface area (Å²) in [5.41, 5.74) is 4.50. The highest BCUT2D eigenvalue weighted by molar-refractivity contribution is 5.98. The molecular formula is C26H25FN4O2. The summed E-state index contributed by atoms with van der Waals surface area (Å²) >= 11 is 0. The molecule has 4 aromatic rings. The van der Waals surface area contributed by atoms with Crippen molar-refractivity contribution in [1.29, 1.82) is 0 Å². The molecular weight excluding hydrogens is 419 g/mol. The largest absolute Gasteiger partial charge is 0.386 e. The molecule has 1 amide bonds. The summed E-state index contributed by atoms with van der Waals surface area (Å²) in [7, 11) is 1.83. The Morgan fingerprint density at radius 3 is 2.67 bits per heavy atom. The summed E-state index contributed by atoms with van der Waals surface area (Å²) in [6.45, 7) is 5.88. The highest BCUT2D eigenvalue weighted by Crippen LogP contribution is 2.36. The Labute approximate surface area is 191 Å². The molecule has 5 rings (SSSR count). The van der Waals surface area contributed by atoms with Crippen LogP contribution < -0.4 is 0 Å². The summed E-state index contributed by atoms with van der Waals surface area (Å²) in [6, 6.07) is 10.7. The molecule has 3 heterocycles. The molecule has 33 heavy (non-hydrogen) atoms. The first-order chi connectivity index (χ1) is 15.6. The van der Waals surface area contributed by atoms with Crippen molar-refractivity contribution >= 4 is 16.8 Å². The van der Waals surface area contributed by atoms with Gasteiger partial charge in [0, 0.05) is 42.5 Å². The van der Waals surface area contributed by atoms with Crippen LogP contribution in [0, 0.1) is 12.7 Å². The SMILES string of the molecule is Cc1cc(-c2ccc(C(C)(C)O)c3nn(C)cc23)cc(F)c1CN1Cc2ncccc2C1=O. The van der Waals surface area contributed by atoms with Crippen molar-refractivity contribution in [3.05, 3.63) is 82.6 Å². The van der Waals surface area contributed by atoms with Crippen LogP contribution in [-0.4, -0.2) is 30.7 Å². The van der Waals surface area contributed by atoms with Crippen molar-refractivity contribution in [2.24, 2.45) is 7.05 Å². The van der Waals surface area contributed by atoms with Gasteiger partial charge in [0.05, 0.1) is 28.9 Å². The second-order valence-electron chi connectivity index (χ2n) is 9.20. The number of fused-ring (bicyclic) bond motifs is 2. The van der Waals surface area contributed by atoms with E-state index in [1.807, 2.05) is 38.4 Å². The highest BCUT2D eigenvalue weighted by atomic mass is 19.1. The Kier molecular flexibility index (Phi) is 4.83. The molecule has 0 radical (unpaired) electrons. The van der Waals surface area contributed by atoms with E-state index in [0.29, 0.717) is 23.2 Å². The van der Waals surface area contributed by atoms with E-state index in [-0.39, 0.29) is 18.3 Å². The number of aryl methyl sites for hydroxylation is 2. The Morgan fingerprint density at radius 1 is 1.18 bits per heavy atom. The fraction of sp³-hybridized carbons (Fsp3) is 0.269. The van der Waals surface area contributed by atoms with Crippen LogP contribution in [0.25, 0.3) is 22.0 Å². The lowest BCUT2D eigenvalue weighted by molar-refractivity contribution is 0.0763. The normalized spacial score (nSPS) is 13.8.